The van der Waals surface area contributed by atoms with Gasteiger partial charge in [0.05, 0.1) is 17.6 Å². The molecule has 0 radical (unpaired) electrons. The third-order valence-corrected chi connectivity index (χ3v) is 5.01. The zero-order valence-corrected chi connectivity index (χ0v) is 17.6. The highest BCUT2D eigenvalue weighted by Gasteiger charge is 2.11. The molecule has 0 atom stereocenters. The summed E-state index contributed by atoms with van der Waals surface area (Å²) in [7, 11) is 0. The zero-order valence-electron chi connectivity index (χ0n) is 16.9. The van der Waals surface area contributed by atoms with Crippen molar-refractivity contribution >= 4 is 34.6 Å². The number of aromatic nitrogens is 2. The van der Waals surface area contributed by atoms with E-state index in [1.807, 2.05) is 42.5 Å². The van der Waals surface area contributed by atoms with Gasteiger partial charge in [0, 0.05) is 11.6 Å². The van der Waals surface area contributed by atoms with Gasteiger partial charge in [0.2, 0.25) is 0 Å². The average molecular weight is 432 g/mol. The lowest BCUT2D eigenvalue weighted by molar-refractivity contribution is -0.123. The quantitative estimate of drug-likeness (QED) is 0.422. The third kappa shape index (κ3) is 5.53. The van der Waals surface area contributed by atoms with Crippen molar-refractivity contribution in [3.05, 3.63) is 101 Å². The Morgan fingerprint density at radius 1 is 1.00 bits per heavy atom. The Labute approximate surface area is 185 Å². The Morgan fingerprint density at radius 3 is 2.55 bits per heavy atom. The summed E-state index contributed by atoms with van der Waals surface area (Å²) in [6.07, 6.45) is 4.18. The van der Waals surface area contributed by atoms with E-state index in [-0.39, 0.29) is 12.5 Å². The highest BCUT2D eigenvalue weighted by molar-refractivity contribution is 6.30. The Morgan fingerprint density at radius 2 is 1.74 bits per heavy atom. The molecular formula is C25H22ClN3O2. The van der Waals surface area contributed by atoms with Gasteiger partial charge < -0.3 is 14.6 Å². The van der Waals surface area contributed by atoms with E-state index in [1.54, 1.807) is 24.3 Å². The van der Waals surface area contributed by atoms with Crippen LogP contribution in [-0.2, 0) is 17.9 Å². The van der Waals surface area contributed by atoms with Crippen LogP contribution in [-0.4, -0.2) is 22.1 Å². The number of carbonyl (C=O) groups excluding carboxylic acids is 1. The maximum absolute atomic E-state index is 12.3. The Bertz CT molecular complexity index is 1180. The molecule has 3 aromatic carbocycles. The molecule has 4 aromatic rings. The van der Waals surface area contributed by atoms with Crippen molar-refractivity contribution in [3.8, 4) is 5.75 Å². The second-order valence-electron chi connectivity index (χ2n) is 6.96. The van der Waals surface area contributed by atoms with Crippen LogP contribution >= 0.6 is 11.6 Å². The summed E-state index contributed by atoms with van der Waals surface area (Å²) in [5.41, 5.74) is 3.07. The summed E-state index contributed by atoms with van der Waals surface area (Å²) in [4.78, 5) is 17.0. The van der Waals surface area contributed by atoms with Gasteiger partial charge in [0.15, 0.2) is 6.61 Å². The lowest BCUT2D eigenvalue weighted by Gasteiger charge is -2.09. The number of para-hydroxylation sites is 2. The van der Waals surface area contributed by atoms with Crippen LogP contribution in [0.15, 0.2) is 84.9 Å². The first-order valence-corrected chi connectivity index (χ1v) is 10.4. The molecule has 156 valence electrons. The van der Waals surface area contributed by atoms with E-state index in [0.29, 0.717) is 23.9 Å². The highest BCUT2D eigenvalue weighted by Crippen LogP contribution is 2.17. The van der Waals surface area contributed by atoms with Crippen molar-refractivity contribution in [2.75, 3.05) is 6.61 Å². The van der Waals surface area contributed by atoms with E-state index in [0.717, 1.165) is 22.4 Å². The molecule has 0 aliphatic rings. The van der Waals surface area contributed by atoms with Crippen LogP contribution in [0.4, 0.5) is 0 Å². The van der Waals surface area contributed by atoms with Crippen LogP contribution in [0.25, 0.3) is 17.1 Å². The van der Waals surface area contributed by atoms with Crippen LogP contribution < -0.4 is 10.1 Å². The third-order valence-electron chi connectivity index (χ3n) is 4.76. The molecule has 0 aliphatic heterocycles. The minimum Gasteiger partial charge on any atom is -0.484 e. The first-order chi connectivity index (χ1) is 15.2. The molecule has 0 saturated heterocycles. The lowest BCUT2D eigenvalue weighted by atomic mass is 10.2. The molecule has 5 nitrogen and oxygen atoms in total. The van der Waals surface area contributed by atoms with Gasteiger partial charge in [-0.2, -0.15) is 0 Å². The fourth-order valence-electron chi connectivity index (χ4n) is 3.23. The number of amides is 1. The highest BCUT2D eigenvalue weighted by atomic mass is 35.5. The predicted molar refractivity (Wildman–Crippen MR) is 124 cm³/mol. The fraction of sp³-hybridized carbons (Fsp3) is 0.120. The van der Waals surface area contributed by atoms with Gasteiger partial charge in [-0.3, -0.25) is 4.79 Å². The minimum absolute atomic E-state index is 0.0736. The van der Waals surface area contributed by atoms with Crippen LogP contribution in [0.1, 0.15) is 11.4 Å². The molecule has 4 rings (SSSR count). The maximum Gasteiger partial charge on any atom is 0.258 e. The molecule has 1 amide bonds. The van der Waals surface area contributed by atoms with E-state index < -0.39 is 0 Å². The Hall–Kier alpha value is -3.57. The van der Waals surface area contributed by atoms with E-state index in [2.05, 4.69) is 34.2 Å². The maximum atomic E-state index is 12.3. The number of fused-ring (bicyclic) bond motifs is 1. The standard InChI is InChI=1S/C25H22ClN3O2/c26-20-12-14-21(15-13-20)31-18-25(30)27-17-24-28-22-10-4-5-11-23(22)29(24)16-6-9-19-7-2-1-3-8-19/h1-15H,16-18H2,(H,27,30)/b9-6+. The molecule has 0 spiro atoms. The molecule has 0 aliphatic carbocycles. The SMILES string of the molecule is O=C(COc1ccc(Cl)cc1)NCc1nc2ccccc2n1C/C=C/c1ccccc1. The van der Waals surface area contributed by atoms with Gasteiger partial charge in [-0.05, 0) is 42.0 Å². The summed E-state index contributed by atoms with van der Waals surface area (Å²) in [6, 6.07) is 25.0. The molecular weight excluding hydrogens is 410 g/mol. The molecule has 0 fully saturated rings. The summed E-state index contributed by atoms with van der Waals surface area (Å²) >= 11 is 5.86. The van der Waals surface area contributed by atoms with E-state index in [4.69, 9.17) is 21.3 Å². The summed E-state index contributed by atoms with van der Waals surface area (Å²) < 4.78 is 7.61. The Kier molecular flexibility index (Phi) is 6.65. The summed E-state index contributed by atoms with van der Waals surface area (Å²) in [5, 5.41) is 3.51. The number of halogens is 1. The van der Waals surface area contributed by atoms with Crippen molar-refractivity contribution in [1.82, 2.24) is 14.9 Å². The number of carbonyl (C=O) groups is 1. The van der Waals surface area contributed by atoms with Gasteiger partial charge in [-0.15, -0.1) is 0 Å². The fourth-order valence-corrected chi connectivity index (χ4v) is 3.36. The van der Waals surface area contributed by atoms with Gasteiger partial charge in [0.1, 0.15) is 11.6 Å². The van der Waals surface area contributed by atoms with Gasteiger partial charge in [0.25, 0.3) is 5.91 Å². The number of imidazole rings is 1. The molecule has 0 bridgehead atoms. The summed E-state index contributed by atoms with van der Waals surface area (Å²) in [5.74, 6) is 1.17. The first kappa shape index (κ1) is 20.7. The molecule has 0 saturated carbocycles. The van der Waals surface area contributed by atoms with Crippen molar-refractivity contribution in [1.29, 1.82) is 0 Å². The van der Waals surface area contributed by atoms with E-state index in [9.17, 15) is 4.79 Å². The second-order valence-corrected chi connectivity index (χ2v) is 7.40. The number of rotatable bonds is 8. The first-order valence-electron chi connectivity index (χ1n) is 10.00. The smallest absolute Gasteiger partial charge is 0.258 e. The number of ether oxygens (including phenoxy) is 1. The van der Waals surface area contributed by atoms with Gasteiger partial charge in [-0.25, -0.2) is 4.98 Å². The number of allylic oxidation sites excluding steroid dienone is 1. The van der Waals surface area contributed by atoms with Crippen LogP contribution in [0, 0.1) is 0 Å². The van der Waals surface area contributed by atoms with Crippen molar-refractivity contribution in [2.45, 2.75) is 13.1 Å². The normalized spacial score (nSPS) is 11.1. The predicted octanol–water partition coefficient (Wildman–Crippen LogP) is 5.10. The monoisotopic (exact) mass is 431 g/mol. The van der Waals surface area contributed by atoms with Crippen LogP contribution in [0.3, 0.4) is 0 Å². The molecule has 6 heteroatoms. The average Bonchev–Trinajstić information content (AvgIpc) is 3.15. The number of benzene rings is 3. The largest absolute Gasteiger partial charge is 0.484 e. The Balaban J connectivity index is 1.41. The van der Waals surface area contributed by atoms with Crippen molar-refractivity contribution in [2.24, 2.45) is 0 Å². The lowest BCUT2D eigenvalue weighted by Crippen LogP contribution is -2.29. The number of hydrogen-bond acceptors (Lipinski definition) is 3. The number of nitrogens with one attached hydrogen (secondary N) is 1. The molecule has 1 heterocycles. The number of hydrogen-bond donors (Lipinski definition) is 1. The number of nitrogens with zero attached hydrogens (tertiary/aromatic N) is 2. The zero-order chi connectivity index (χ0) is 21.5. The van der Waals surface area contributed by atoms with E-state index in [1.165, 1.54) is 0 Å². The second kappa shape index (κ2) is 9.96. The summed E-state index contributed by atoms with van der Waals surface area (Å²) in [6.45, 7) is 0.897. The molecule has 1 aromatic heterocycles. The van der Waals surface area contributed by atoms with E-state index >= 15 is 0 Å². The van der Waals surface area contributed by atoms with Gasteiger partial charge >= 0.3 is 0 Å². The topological polar surface area (TPSA) is 56.1 Å². The molecule has 0 unspecified atom stereocenters. The van der Waals surface area contributed by atoms with Crippen molar-refractivity contribution in [3.63, 3.8) is 0 Å². The minimum atomic E-state index is -0.214. The molecule has 1 N–H and O–H groups in total. The van der Waals surface area contributed by atoms with Crippen LogP contribution in [0.2, 0.25) is 5.02 Å². The van der Waals surface area contributed by atoms with Gasteiger partial charge in [-0.1, -0.05) is 66.2 Å². The molecule has 31 heavy (non-hydrogen) atoms. The van der Waals surface area contributed by atoms with Crippen molar-refractivity contribution < 1.29 is 9.53 Å². The van der Waals surface area contributed by atoms with Crippen LogP contribution in [0.5, 0.6) is 5.75 Å².